The third kappa shape index (κ3) is 11.2. The molecular formula is C4H13Cl2FN2O. The summed E-state index contributed by atoms with van der Waals surface area (Å²) in [5.41, 5.74) is 0. The fraction of sp³-hybridized carbons (Fsp3) is 1.00. The molecule has 0 aromatic heterocycles. The van der Waals surface area contributed by atoms with E-state index in [1.165, 1.54) is 0 Å². The van der Waals surface area contributed by atoms with Gasteiger partial charge in [-0.25, -0.2) is 10.3 Å². The summed E-state index contributed by atoms with van der Waals surface area (Å²) in [5.74, 6) is 4.59. The van der Waals surface area contributed by atoms with Gasteiger partial charge in [0.25, 0.3) is 0 Å². The molecule has 3 N–H and O–H groups in total. The zero-order valence-corrected chi connectivity index (χ0v) is 7.30. The van der Waals surface area contributed by atoms with Crippen molar-refractivity contribution in [1.29, 1.82) is 0 Å². The number of hydrogen-bond acceptors (Lipinski definition) is 3. The molecule has 0 spiro atoms. The molecule has 0 fully saturated rings. The monoisotopic (exact) mass is 194 g/mol. The van der Waals surface area contributed by atoms with Crippen LogP contribution in [0.2, 0.25) is 0 Å². The van der Waals surface area contributed by atoms with Gasteiger partial charge >= 0.3 is 0 Å². The van der Waals surface area contributed by atoms with Crippen LogP contribution >= 0.6 is 24.8 Å². The van der Waals surface area contributed by atoms with E-state index in [1.54, 1.807) is 7.05 Å². The Hall–Kier alpha value is 0.390. The number of halogens is 3. The van der Waals surface area contributed by atoms with Crippen LogP contribution in [0.25, 0.3) is 0 Å². The number of alkyl halides is 1. The number of hydrogen-bond donors (Lipinski definition) is 2. The summed E-state index contributed by atoms with van der Waals surface area (Å²) >= 11 is 0. The summed E-state index contributed by atoms with van der Waals surface area (Å²) in [6.45, 7) is 0.248. The topological polar surface area (TPSA) is 47.3 Å². The molecule has 0 aromatic carbocycles. The van der Waals surface area contributed by atoms with Crippen molar-refractivity contribution in [3.8, 4) is 0 Å². The molecule has 0 aromatic rings. The highest BCUT2D eigenvalue weighted by molar-refractivity contribution is 5.85. The Morgan fingerprint density at radius 1 is 1.60 bits per heavy atom. The number of nitrogens with two attached hydrogens (primary N) is 1. The van der Waals surface area contributed by atoms with Crippen LogP contribution in [0.4, 0.5) is 4.39 Å². The fourth-order valence-electron chi connectivity index (χ4n) is 0.385. The van der Waals surface area contributed by atoms with Crippen LogP contribution in [0.1, 0.15) is 0 Å². The Morgan fingerprint density at radius 3 is 2.40 bits per heavy atom. The van der Waals surface area contributed by atoms with Crippen molar-refractivity contribution in [2.24, 2.45) is 5.90 Å². The molecule has 0 radical (unpaired) electrons. The van der Waals surface area contributed by atoms with Crippen molar-refractivity contribution in [2.75, 3.05) is 20.2 Å². The van der Waals surface area contributed by atoms with E-state index in [0.717, 1.165) is 0 Å². The van der Waals surface area contributed by atoms with Gasteiger partial charge in [-0.05, 0) is 7.05 Å². The van der Waals surface area contributed by atoms with E-state index in [2.05, 4.69) is 16.1 Å². The second-order valence-corrected chi connectivity index (χ2v) is 1.49. The van der Waals surface area contributed by atoms with Crippen LogP contribution in [-0.4, -0.2) is 26.4 Å². The predicted octanol–water partition coefficient (Wildman–Crippen LogP) is 0.278. The Labute approximate surface area is 72.3 Å². The largest absolute Gasteiger partial charge is 0.317 e. The molecule has 10 heavy (non-hydrogen) atoms. The predicted molar refractivity (Wildman–Crippen MR) is 43.5 cm³/mol. The van der Waals surface area contributed by atoms with Crippen molar-refractivity contribution in [2.45, 2.75) is 6.17 Å². The van der Waals surface area contributed by atoms with E-state index in [4.69, 9.17) is 0 Å². The average molecular weight is 195 g/mol. The van der Waals surface area contributed by atoms with Crippen LogP contribution in [0.15, 0.2) is 0 Å². The lowest BCUT2D eigenvalue weighted by Crippen LogP contribution is -2.25. The molecule has 0 aliphatic rings. The van der Waals surface area contributed by atoms with Gasteiger partial charge in [0.1, 0.15) is 12.8 Å². The minimum absolute atomic E-state index is 0. The lowest BCUT2D eigenvalue weighted by molar-refractivity contribution is 0.0822. The first kappa shape index (κ1) is 16.8. The molecule has 1 unspecified atom stereocenters. The number of rotatable bonds is 4. The van der Waals surface area contributed by atoms with Crippen LogP contribution in [0.3, 0.4) is 0 Å². The summed E-state index contributed by atoms with van der Waals surface area (Å²) in [5, 5.41) is 2.64. The average Bonchev–Trinajstić information content (AvgIpc) is 1.68. The maximum atomic E-state index is 12.1. The van der Waals surface area contributed by atoms with Gasteiger partial charge in [0, 0.05) is 6.54 Å². The van der Waals surface area contributed by atoms with Gasteiger partial charge in [-0.2, -0.15) is 0 Å². The summed E-state index contributed by atoms with van der Waals surface area (Å²) in [6.07, 6.45) is -0.995. The molecule has 0 amide bonds. The highest BCUT2D eigenvalue weighted by Crippen LogP contribution is 1.85. The molecule has 6 heteroatoms. The molecule has 0 saturated heterocycles. The van der Waals surface area contributed by atoms with E-state index >= 15 is 0 Å². The van der Waals surface area contributed by atoms with Crippen LogP contribution in [0, 0.1) is 0 Å². The SMILES string of the molecule is CNCC(F)CON.Cl.Cl. The minimum Gasteiger partial charge on any atom is -0.317 e. The van der Waals surface area contributed by atoms with Gasteiger partial charge in [0.15, 0.2) is 0 Å². The third-order valence-corrected chi connectivity index (χ3v) is 0.703. The molecule has 1 atom stereocenters. The van der Waals surface area contributed by atoms with Gasteiger partial charge in [0.05, 0.1) is 0 Å². The Kier molecular flexibility index (Phi) is 20.3. The molecule has 0 aliphatic heterocycles. The molecule has 0 bridgehead atoms. The van der Waals surface area contributed by atoms with Crippen molar-refractivity contribution in [3.05, 3.63) is 0 Å². The third-order valence-electron chi connectivity index (χ3n) is 0.703. The van der Waals surface area contributed by atoms with Gasteiger partial charge in [0.2, 0.25) is 0 Å². The van der Waals surface area contributed by atoms with Crippen molar-refractivity contribution < 1.29 is 9.23 Å². The molecule has 0 saturated carbocycles. The standard InChI is InChI=1S/C4H11FN2O.2ClH/c1-7-2-4(5)3-8-6;;/h4,7H,2-3,6H2,1H3;2*1H. The summed E-state index contributed by atoms with van der Waals surface area (Å²) < 4.78 is 12.1. The molecule has 0 heterocycles. The first-order valence-electron chi connectivity index (χ1n) is 2.41. The maximum Gasteiger partial charge on any atom is 0.138 e. The van der Waals surface area contributed by atoms with E-state index in [1.807, 2.05) is 0 Å². The van der Waals surface area contributed by atoms with Crippen molar-refractivity contribution in [1.82, 2.24) is 5.32 Å². The van der Waals surface area contributed by atoms with Gasteiger partial charge in [-0.1, -0.05) is 0 Å². The summed E-state index contributed by atoms with van der Waals surface area (Å²) in [4.78, 5) is 4.04. The van der Waals surface area contributed by atoms with Gasteiger partial charge in [-0.15, -0.1) is 24.8 Å². The molecule has 3 nitrogen and oxygen atoms in total. The second-order valence-electron chi connectivity index (χ2n) is 1.49. The van der Waals surface area contributed by atoms with E-state index in [-0.39, 0.29) is 38.0 Å². The van der Waals surface area contributed by atoms with E-state index in [0.29, 0.717) is 0 Å². The van der Waals surface area contributed by atoms with Crippen molar-refractivity contribution >= 4 is 24.8 Å². The van der Waals surface area contributed by atoms with Crippen LogP contribution < -0.4 is 11.2 Å². The maximum absolute atomic E-state index is 12.1. The Bertz CT molecular complexity index is 54.5. The zero-order valence-electron chi connectivity index (χ0n) is 5.67. The van der Waals surface area contributed by atoms with Gasteiger partial charge in [-0.3, -0.25) is 0 Å². The summed E-state index contributed by atoms with van der Waals surface area (Å²) in [6, 6.07) is 0. The first-order valence-corrected chi connectivity index (χ1v) is 2.41. The number of nitrogens with one attached hydrogen (secondary N) is 1. The van der Waals surface area contributed by atoms with E-state index < -0.39 is 6.17 Å². The van der Waals surface area contributed by atoms with Crippen LogP contribution in [-0.2, 0) is 4.84 Å². The Balaban J connectivity index is -0.000000245. The lowest BCUT2D eigenvalue weighted by Gasteiger charge is -2.02. The van der Waals surface area contributed by atoms with Gasteiger partial charge < -0.3 is 10.2 Å². The molecular weight excluding hydrogens is 182 g/mol. The highest BCUT2D eigenvalue weighted by atomic mass is 35.5. The summed E-state index contributed by atoms with van der Waals surface area (Å²) in [7, 11) is 1.67. The first-order chi connectivity index (χ1) is 3.81. The second kappa shape index (κ2) is 12.1. The molecule has 0 aliphatic carbocycles. The normalized spacial score (nSPS) is 11.1. The molecule has 0 rings (SSSR count). The highest BCUT2D eigenvalue weighted by Gasteiger charge is 2.01. The quantitative estimate of drug-likeness (QED) is 0.633. The Morgan fingerprint density at radius 2 is 2.10 bits per heavy atom. The van der Waals surface area contributed by atoms with Crippen molar-refractivity contribution in [3.63, 3.8) is 0 Å². The minimum atomic E-state index is -0.995. The molecule has 66 valence electrons. The lowest BCUT2D eigenvalue weighted by atomic mass is 10.4. The van der Waals surface area contributed by atoms with E-state index in [9.17, 15) is 4.39 Å². The smallest absolute Gasteiger partial charge is 0.138 e. The fourth-order valence-corrected chi connectivity index (χ4v) is 0.385. The van der Waals surface area contributed by atoms with Crippen LogP contribution in [0.5, 0.6) is 0 Å². The zero-order chi connectivity index (χ0) is 6.41.